The summed E-state index contributed by atoms with van der Waals surface area (Å²) in [6.07, 6.45) is 9.62. The van der Waals surface area contributed by atoms with Gasteiger partial charge in [0.1, 0.15) is 0 Å². The predicted molar refractivity (Wildman–Crippen MR) is 82.3 cm³/mol. The summed E-state index contributed by atoms with van der Waals surface area (Å²) >= 11 is 4.81. The van der Waals surface area contributed by atoms with Crippen LogP contribution in [0.3, 0.4) is 0 Å². The second kappa shape index (κ2) is 8.35. The summed E-state index contributed by atoms with van der Waals surface area (Å²) in [4.78, 5) is 12.0. The Bertz CT molecular complexity index is 301. The smallest absolute Gasteiger partial charge is 0.241 e. The van der Waals surface area contributed by atoms with Crippen molar-refractivity contribution < 1.29 is 4.79 Å². The Balaban J connectivity index is 2.25. The lowest BCUT2D eigenvalue weighted by Gasteiger charge is -2.29. The summed E-state index contributed by atoms with van der Waals surface area (Å²) in [5.41, 5.74) is 8.19. The van der Waals surface area contributed by atoms with Gasteiger partial charge in [-0.2, -0.15) is 0 Å². The number of hydrogen-bond acceptors (Lipinski definition) is 2. The molecule has 110 valence electrons. The molecule has 1 rings (SSSR count). The minimum absolute atomic E-state index is 0.0577. The van der Waals surface area contributed by atoms with Crippen LogP contribution in [0.25, 0.3) is 0 Å². The number of rotatable bonds is 5. The van der Waals surface area contributed by atoms with Crippen LogP contribution in [-0.2, 0) is 4.79 Å². The Morgan fingerprint density at radius 3 is 2.47 bits per heavy atom. The standard InChI is InChI=1S/C14H27N3OS/c1-3-4-5-6-11-7-9-12(10-8-11)13(18)16-17(2)14(15)19/h11-12H,3-10H2,1-2H3,(H2,15,19)(H,16,18). The largest absolute Gasteiger partial charge is 0.375 e. The van der Waals surface area contributed by atoms with E-state index in [0.29, 0.717) is 0 Å². The van der Waals surface area contributed by atoms with Crippen LogP contribution >= 0.6 is 12.2 Å². The topological polar surface area (TPSA) is 58.4 Å². The van der Waals surface area contributed by atoms with Gasteiger partial charge in [0.25, 0.3) is 0 Å². The van der Waals surface area contributed by atoms with E-state index in [9.17, 15) is 4.79 Å². The van der Waals surface area contributed by atoms with Crippen molar-refractivity contribution in [2.75, 3.05) is 7.05 Å². The number of nitrogens with two attached hydrogens (primary N) is 1. The van der Waals surface area contributed by atoms with Crippen molar-refractivity contribution in [1.29, 1.82) is 0 Å². The molecule has 0 bridgehead atoms. The third-order valence-corrected chi connectivity index (χ3v) is 4.32. The van der Waals surface area contributed by atoms with Crippen LogP contribution in [-0.4, -0.2) is 23.1 Å². The molecule has 0 aromatic carbocycles. The molecular formula is C14H27N3OS. The highest BCUT2D eigenvalue weighted by molar-refractivity contribution is 7.80. The molecule has 3 N–H and O–H groups in total. The van der Waals surface area contributed by atoms with E-state index in [-0.39, 0.29) is 16.9 Å². The van der Waals surface area contributed by atoms with E-state index in [2.05, 4.69) is 12.3 Å². The first-order valence-electron chi connectivity index (χ1n) is 7.38. The van der Waals surface area contributed by atoms with E-state index in [1.54, 1.807) is 7.05 Å². The highest BCUT2D eigenvalue weighted by Crippen LogP contribution is 2.32. The number of thiocarbonyl (C=S) groups is 1. The van der Waals surface area contributed by atoms with Gasteiger partial charge in [-0.25, -0.2) is 0 Å². The average molecular weight is 285 g/mol. The predicted octanol–water partition coefficient (Wildman–Crippen LogP) is 2.58. The van der Waals surface area contributed by atoms with Gasteiger partial charge in [-0.05, 0) is 43.8 Å². The molecule has 0 spiro atoms. The Morgan fingerprint density at radius 2 is 1.95 bits per heavy atom. The van der Waals surface area contributed by atoms with Gasteiger partial charge in [-0.1, -0.05) is 32.6 Å². The third kappa shape index (κ3) is 5.76. The highest BCUT2D eigenvalue weighted by atomic mass is 32.1. The van der Waals surface area contributed by atoms with Crippen molar-refractivity contribution in [2.24, 2.45) is 17.6 Å². The Hall–Kier alpha value is -0.840. The SMILES string of the molecule is CCCCCC1CCC(C(=O)NN(C)C(N)=S)CC1. The zero-order valence-electron chi connectivity index (χ0n) is 12.2. The van der Waals surface area contributed by atoms with Crippen LogP contribution in [0.15, 0.2) is 0 Å². The lowest BCUT2D eigenvalue weighted by Crippen LogP contribution is -2.48. The van der Waals surface area contributed by atoms with E-state index in [1.807, 2.05) is 0 Å². The molecule has 1 fully saturated rings. The van der Waals surface area contributed by atoms with Gasteiger partial charge in [-0.15, -0.1) is 0 Å². The van der Waals surface area contributed by atoms with E-state index < -0.39 is 0 Å². The van der Waals surface area contributed by atoms with Crippen LogP contribution in [0.1, 0.15) is 58.3 Å². The average Bonchev–Trinajstić information content (AvgIpc) is 2.39. The molecule has 0 aromatic rings. The maximum Gasteiger partial charge on any atom is 0.241 e. The van der Waals surface area contributed by atoms with Crippen LogP contribution < -0.4 is 11.2 Å². The first-order chi connectivity index (χ1) is 9.04. The van der Waals surface area contributed by atoms with Gasteiger partial charge in [-0.3, -0.25) is 15.2 Å². The molecule has 0 saturated heterocycles. The van der Waals surface area contributed by atoms with Crippen LogP contribution in [0.2, 0.25) is 0 Å². The molecule has 0 unspecified atom stereocenters. The van der Waals surface area contributed by atoms with Crippen molar-refractivity contribution in [2.45, 2.75) is 58.3 Å². The van der Waals surface area contributed by atoms with Gasteiger partial charge < -0.3 is 5.73 Å². The van der Waals surface area contributed by atoms with E-state index >= 15 is 0 Å². The Labute approximate surface area is 122 Å². The lowest BCUT2D eigenvalue weighted by atomic mass is 9.79. The van der Waals surface area contributed by atoms with E-state index in [4.69, 9.17) is 18.0 Å². The van der Waals surface area contributed by atoms with Gasteiger partial charge in [0, 0.05) is 13.0 Å². The fourth-order valence-electron chi connectivity index (χ4n) is 2.71. The maximum atomic E-state index is 12.0. The van der Waals surface area contributed by atoms with Gasteiger partial charge in [0.2, 0.25) is 5.91 Å². The number of amides is 1. The molecule has 4 nitrogen and oxygen atoms in total. The third-order valence-electron chi connectivity index (χ3n) is 4.04. The zero-order chi connectivity index (χ0) is 14.3. The fourth-order valence-corrected chi connectivity index (χ4v) is 2.75. The number of unbranched alkanes of at least 4 members (excludes halogenated alkanes) is 2. The number of hydrazine groups is 1. The minimum Gasteiger partial charge on any atom is -0.375 e. The molecule has 1 saturated carbocycles. The monoisotopic (exact) mass is 285 g/mol. The summed E-state index contributed by atoms with van der Waals surface area (Å²) < 4.78 is 0. The van der Waals surface area contributed by atoms with Crippen molar-refractivity contribution in [3.8, 4) is 0 Å². The van der Waals surface area contributed by atoms with Gasteiger partial charge >= 0.3 is 0 Å². The van der Waals surface area contributed by atoms with Crippen molar-refractivity contribution in [3.63, 3.8) is 0 Å². The normalized spacial score (nSPS) is 22.8. The van der Waals surface area contributed by atoms with Crippen molar-refractivity contribution in [3.05, 3.63) is 0 Å². The molecule has 0 aromatic heterocycles. The molecule has 0 atom stereocenters. The number of nitrogens with one attached hydrogen (secondary N) is 1. The molecule has 1 aliphatic carbocycles. The minimum atomic E-state index is 0.0577. The molecule has 0 radical (unpaired) electrons. The summed E-state index contributed by atoms with van der Waals surface area (Å²) in [7, 11) is 1.68. The Kier molecular flexibility index (Phi) is 7.13. The number of carbonyl (C=O) groups is 1. The van der Waals surface area contributed by atoms with E-state index in [1.165, 1.54) is 43.5 Å². The fraction of sp³-hybridized carbons (Fsp3) is 0.857. The number of hydrogen-bond donors (Lipinski definition) is 2. The molecule has 0 heterocycles. The first-order valence-corrected chi connectivity index (χ1v) is 7.79. The van der Waals surface area contributed by atoms with Crippen molar-refractivity contribution >= 4 is 23.2 Å². The Morgan fingerprint density at radius 1 is 1.32 bits per heavy atom. The summed E-state index contributed by atoms with van der Waals surface area (Å²) in [6, 6.07) is 0. The quantitative estimate of drug-likeness (QED) is 0.463. The summed E-state index contributed by atoms with van der Waals surface area (Å²) in [5.74, 6) is 1.01. The molecule has 0 aliphatic heterocycles. The van der Waals surface area contributed by atoms with Crippen LogP contribution in [0, 0.1) is 11.8 Å². The molecule has 19 heavy (non-hydrogen) atoms. The summed E-state index contributed by atoms with van der Waals surface area (Å²) in [6.45, 7) is 2.24. The molecule has 5 heteroatoms. The van der Waals surface area contributed by atoms with Crippen molar-refractivity contribution in [1.82, 2.24) is 10.4 Å². The second-order valence-electron chi connectivity index (χ2n) is 5.59. The second-order valence-corrected chi connectivity index (χ2v) is 6.01. The summed E-state index contributed by atoms with van der Waals surface area (Å²) in [5, 5.41) is 1.62. The van der Waals surface area contributed by atoms with Crippen LogP contribution in [0.5, 0.6) is 0 Å². The molecule has 1 aliphatic rings. The van der Waals surface area contributed by atoms with Crippen LogP contribution in [0.4, 0.5) is 0 Å². The number of carbonyl (C=O) groups excluding carboxylic acids is 1. The highest BCUT2D eigenvalue weighted by Gasteiger charge is 2.26. The van der Waals surface area contributed by atoms with Gasteiger partial charge in [0.05, 0.1) is 0 Å². The van der Waals surface area contributed by atoms with E-state index in [0.717, 1.165) is 18.8 Å². The first kappa shape index (κ1) is 16.2. The number of nitrogens with zero attached hydrogens (tertiary/aromatic N) is 1. The zero-order valence-corrected chi connectivity index (χ0v) is 13.0. The molecule has 1 amide bonds. The molecular weight excluding hydrogens is 258 g/mol. The van der Waals surface area contributed by atoms with Gasteiger partial charge in [0.15, 0.2) is 5.11 Å². The maximum absolute atomic E-state index is 12.0. The lowest BCUT2D eigenvalue weighted by molar-refractivity contribution is -0.129.